The van der Waals surface area contributed by atoms with Gasteiger partial charge >= 0.3 is 0 Å². The molecule has 16 heavy (non-hydrogen) atoms. The molecular weight excluding hydrogens is 196 g/mol. The third kappa shape index (κ3) is 2.36. The van der Waals surface area contributed by atoms with Crippen molar-refractivity contribution in [3.05, 3.63) is 29.3 Å². The normalized spacial score (nSPS) is 12.3. The van der Waals surface area contributed by atoms with Gasteiger partial charge in [0.2, 0.25) is 0 Å². The number of benzene rings is 1. The molecule has 0 saturated carbocycles. The van der Waals surface area contributed by atoms with Crippen molar-refractivity contribution in [3.8, 4) is 6.07 Å². The summed E-state index contributed by atoms with van der Waals surface area (Å²) < 4.78 is 0. The van der Waals surface area contributed by atoms with Crippen LogP contribution in [-0.4, -0.2) is 13.1 Å². The summed E-state index contributed by atoms with van der Waals surface area (Å²) in [5.74, 6) is 0.566. The van der Waals surface area contributed by atoms with E-state index in [4.69, 9.17) is 5.26 Å². The average molecular weight is 216 g/mol. The van der Waals surface area contributed by atoms with E-state index in [2.05, 4.69) is 51.8 Å². The van der Waals surface area contributed by atoms with Crippen LogP contribution >= 0.6 is 0 Å². The Hall–Kier alpha value is -1.49. The molecule has 1 aromatic carbocycles. The van der Waals surface area contributed by atoms with Gasteiger partial charge in [-0.1, -0.05) is 26.0 Å². The summed E-state index contributed by atoms with van der Waals surface area (Å²) in [7, 11) is 2.06. The van der Waals surface area contributed by atoms with Gasteiger partial charge in [0.25, 0.3) is 0 Å². The third-order valence-electron chi connectivity index (χ3n) is 3.29. The molecular formula is C14H20N2. The first kappa shape index (κ1) is 12.6. The van der Waals surface area contributed by atoms with Crippen LogP contribution in [0, 0.1) is 24.2 Å². The van der Waals surface area contributed by atoms with Gasteiger partial charge in [0.15, 0.2) is 0 Å². The molecule has 1 rings (SSSR count). The molecule has 0 N–H and O–H groups in total. The summed E-state index contributed by atoms with van der Waals surface area (Å²) in [5, 5.41) is 9.14. The van der Waals surface area contributed by atoms with Crippen LogP contribution in [-0.2, 0) is 0 Å². The quantitative estimate of drug-likeness (QED) is 0.774. The van der Waals surface area contributed by atoms with Gasteiger partial charge in [0, 0.05) is 13.1 Å². The highest BCUT2D eigenvalue weighted by atomic mass is 15.1. The number of hydrogen-bond donors (Lipinski definition) is 0. The van der Waals surface area contributed by atoms with Crippen LogP contribution in [0.15, 0.2) is 18.2 Å². The minimum atomic E-state index is 0.424. The summed E-state index contributed by atoms with van der Waals surface area (Å²) in [6, 6.07) is 8.57. The van der Waals surface area contributed by atoms with Gasteiger partial charge in [-0.15, -0.1) is 0 Å². The first-order valence-electron chi connectivity index (χ1n) is 5.71. The van der Waals surface area contributed by atoms with E-state index >= 15 is 0 Å². The molecule has 0 spiro atoms. The van der Waals surface area contributed by atoms with E-state index < -0.39 is 0 Å². The van der Waals surface area contributed by atoms with Crippen LogP contribution in [0.5, 0.6) is 0 Å². The van der Waals surface area contributed by atoms with Crippen molar-refractivity contribution >= 4 is 5.69 Å². The Bertz CT molecular complexity index is 402. The van der Waals surface area contributed by atoms with E-state index in [0.29, 0.717) is 12.0 Å². The average Bonchev–Trinajstić information content (AvgIpc) is 2.26. The van der Waals surface area contributed by atoms with Crippen LogP contribution in [0.4, 0.5) is 5.69 Å². The minimum absolute atomic E-state index is 0.424. The van der Waals surface area contributed by atoms with Crippen molar-refractivity contribution in [1.82, 2.24) is 0 Å². The van der Waals surface area contributed by atoms with Gasteiger partial charge in [0.05, 0.1) is 11.3 Å². The number of nitriles is 1. The van der Waals surface area contributed by atoms with E-state index in [0.717, 1.165) is 16.8 Å². The van der Waals surface area contributed by atoms with Crippen LogP contribution in [0.2, 0.25) is 0 Å². The number of rotatable bonds is 3. The smallest absolute Gasteiger partial charge is 0.101 e. The molecule has 0 aliphatic rings. The molecule has 0 bridgehead atoms. The zero-order chi connectivity index (χ0) is 12.3. The van der Waals surface area contributed by atoms with E-state index in [9.17, 15) is 0 Å². The Balaban J connectivity index is 3.17. The van der Waals surface area contributed by atoms with Gasteiger partial charge in [-0.25, -0.2) is 0 Å². The largest absolute Gasteiger partial charge is 0.370 e. The van der Waals surface area contributed by atoms with Crippen molar-refractivity contribution in [2.75, 3.05) is 11.9 Å². The lowest BCUT2D eigenvalue weighted by molar-refractivity contribution is 0.505. The van der Waals surface area contributed by atoms with Crippen molar-refractivity contribution in [2.24, 2.45) is 5.92 Å². The topological polar surface area (TPSA) is 27.0 Å². The van der Waals surface area contributed by atoms with Crippen LogP contribution in [0.3, 0.4) is 0 Å². The van der Waals surface area contributed by atoms with Gasteiger partial charge < -0.3 is 4.90 Å². The molecule has 1 unspecified atom stereocenters. The van der Waals surface area contributed by atoms with E-state index in [-0.39, 0.29) is 0 Å². The summed E-state index contributed by atoms with van der Waals surface area (Å²) in [6.07, 6.45) is 0. The van der Waals surface area contributed by atoms with Crippen molar-refractivity contribution < 1.29 is 0 Å². The summed E-state index contributed by atoms with van der Waals surface area (Å²) >= 11 is 0. The predicted octanol–water partition coefficient (Wildman–Crippen LogP) is 3.35. The van der Waals surface area contributed by atoms with Crippen molar-refractivity contribution in [2.45, 2.75) is 33.7 Å². The van der Waals surface area contributed by atoms with Crippen LogP contribution < -0.4 is 4.90 Å². The Morgan fingerprint density at radius 3 is 2.38 bits per heavy atom. The molecule has 0 aromatic heterocycles. The fourth-order valence-corrected chi connectivity index (χ4v) is 1.87. The Morgan fingerprint density at radius 2 is 1.88 bits per heavy atom. The number of anilines is 1. The standard InChI is InChI=1S/C14H20N2/c1-10(2)12(4)16(5)14-11(3)7-6-8-13(14)9-15/h6-8,10,12H,1-5H3. The summed E-state index contributed by atoms with van der Waals surface area (Å²) in [6.45, 7) is 8.65. The lowest BCUT2D eigenvalue weighted by Crippen LogP contribution is -2.34. The van der Waals surface area contributed by atoms with Crippen LogP contribution in [0.25, 0.3) is 0 Å². The highest BCUT2D eigenvalue weighted by Gasteiger charge is 2.17. The second-order valence-electron chi connectivity index (χ2n) is 4.68. The van der Waals surface area contributed by atoms with E-state index in [1.54, 1.807) is 0 Å². The SMILES string of the molecule is Cc1cccc(C#N)c1N(C)C(C)C(C)C. The fraction of sp³-hybridized carbons (Fsp3) is 0.500. The molecule has 0 aliphatic carbocycles. The third-order valence-corrected chi connectivity index (χ3v) is 3.29. The maximum Gasteiger partial charge on any atom is 0.101 e. The van der Waals surface area contributed by atoms with Gasteiger partial charge in [-0.3, -0.25) is 0 Å². The molecule has 0 amide bonds. The van der Waals surface area contributed by atoms with E-state index in [1.165, 1.54) is 0 Å². The van der Waals surface area contributed by atoms with Gasteiger partial charge in [-0.05, 0) is 31.4 Å². The second-order valence-corrected chi connectivity index (χ2v) is 4.68. The Morgan fingerprint density at radius 1 is 1.25 bits per heavy atom. The monoisotopic (exact) mass is 216 g/mol. The molecule has 0 fully saturated rings. The maximum atomic E-state index is 9.14. The fourth-order valence-electron chi connectivity index (χ4n) is 1.87. The summed E-state index contributed by atoms with van der Waals surface area (Å²) in [4.78, 5) is 2.21. The second kappa shape index (κ2) is 5.03. The van der Waals surface area contributed by atoms with Gasteiger partial charge in [0.1, 0.15) is 6.07 Å². The number of para-hydroxylation sites is 1. The predicted molar refractivity (Wildman–Crippen MR) is 68.6 cm³/mol. The summed E-state index contributed by atoms with van der Waals surface area (Å²) in [5.41, 5.74) is 2.98. The lowest BCUT2D eigenvalue weighted by Gasteiger charge is -2.31. The molecule has 0 aliphatic heterocycles. The lowest BCUT2D eigenvalue weighted by atomic mass is 10.0. The molecule has 1 atom stereocenters. The van der Waals surface area contributed by atoms with Gasteiger partial charge in [-0.2, -0.15) is 5.26 Å². The zero-order valence-electron chi connectivity index (χ0n) is 10.8. The molecule has 2 nitrogen and oxygen atoms in total. The molecule has 2 heteroatoms. The van der Waals surface area contributed by atoms with Crippen LogP contribution in [0.1, 0.15) is 31.9 Å². The number of nitrogens with zero attached hydrogens (tertiary/aromatic N) is 2. The first-order valence-corrected chi connectivity index (χ1v) is 5.71. The van der Waals surface area contributed by atoms with E-state index in [1.807, 2.05) is 12.1 Å². The minimum Gasteiger partial charge on any atom is -0.370 e. The van der Waals surface area contributed by atoms with Crippen molar-refractivity contribution in [3.63, 3.8) is 0 Å². The highest BCUT2D eigenvalue weighted by Crippen LogP contribution is 2.26. The Labute approximate surface area is 98.5 Å². The maximum absolute atomic E-state index is 9.14. The Kier molecular flexibility index (Phi) is 3.95. The molecule has 86 valence electrons. The molecule has 0 saturated heterocycles. The first-order chi connectivity index (χ1) is 7.49. The van der Waals surface area contributed by atoms with Crippen molar-refractivity contribution in [1.29, 1.82) is 5.26 Å². The highest BCUT2D eigenvalue weighted by molar-refractivity contribution is 5.64. The molecule has 1 aromatic rings. The molecule has 0 heterocycles. The number of hydrogen-bond acceptors (Lipinski definition) is 2. The number of aryl methyl sites for hydroxylation is 1. The zero-order valence-corrected chi connectivity index (χ0v) is 10.8. The molecule has 0 radical (unpaired) electrons.